The van der Waals surface area contributed by atoms with E-state index in [0.29, 0.717) is 39.5 Å². The fourth-order valence-corrected chi connectivity index (χ4v) is 3.72. The fourth-order valence-electron chi connectivity index (χ4n) is 2.44. The van der Waals surface area contributed by atoms with E-state index in [9.17, 15) is 4.57 Å². The summed E-state index contributed by atoms with van der Waals surface area (Å²) in [6.45, 7) is 3.30. The van der Waals surface area contributed by atoms with Crippen molar-refractivity contribution in [2.45, 2.75) is 77.0 Å². The van der Waals surface area contributed by atoms with Crippen LogP contribution in [0.2, 0.25) is 0 Å². The summed E-state index contributed by atoms with van der Waals surface area (Å²) in [5.41, 5.74) is 16.4. The highest BCUT2D eigenvalue weighted by molar-refractivity contribution is 7.48. The molecular formula is C18H42N3O4P. The van der Waals surface area contributed by atoms with Gasteiger partial charge in [0.1, 0.15) is 0 Å². The zero-order valence-corrected chi connectivity index (χ0v) is 17.4. The maximum Gasteiger partial charge on any atom is 0.474 e. The second kappa shape index (κ2) is 19.7. The van der Waals surface area contributed by atoms with Gasteiger partial charge in [-0.2, -0.15) is 0 Å². The minimum absolute atomic E-state index is 0.391. The van der Waals surface area contributed by atoms with E-state index in [2.05, 4.69) is 0 Å². The van der Waals surface area contributed by atoms with E-state index in [0.717, 1.165) is 77.0 Å². The molecular weight excluding hydrogens is 353 g/mol. The summed E-state index contributed by atoms with van der Waals surface area (Å²) in [4.78, 5) is 0. The van der Waals surface area contributed by atoms with Crippen LogP contribution in [0.1, 0.15) is 77.0 Å². The van der Waals surface area contributed by atoms with Crippen LogP contribution in [0.3, 0.4) is 0 Å². The van der Waals surface area contributed by atoms with Gasteiger partial charge in [-0.15, -0.1) is 0 Å². The van der Waals surface area contributed by atoms with Crippen molar-refractivity contribution in [3.8, 4) is 0 Å². The van der Waals surface area contributed by atoms with E-state index in [-0.39, 0.29) is 0 Å². The molecule has 8 heteroatoms. The zero-order valence-electron chi connectivity index (χ0n) is 16.5. The van der Waals surface area contributed by atoms with Crippen molar-refractivity contribution in [1.82, 2.24) is 0 Å². The normalized spacial score (nSPS) is 12.0. The van der Waals surface area contributed by atoms with Gasteiger partial charge in [-0.05, 0) is 58.2 Å². The number of unbranched alkanes of at least 4 members (excludes halogenated alkanes) is 9. The molecule has 0 aliphatic heterocycles. The Hall–Kier alpha value is -0.0100. The minimum atomic E-state index is -3.46. The van der Waals surface area contributed by atoms with Crippen LogP contribution in [-0.2, 0) is 18.1 Å². The van der Waals surface area contributed by atoms with Crippen molar-refractivity contribution in [1.29, 1.82) is 0 Å². The first kappa shape index (κ1) is 26.0. The first-order valence-electron chi connectivity index (χ1n) is 10.3. The lowest BCUT2D eigenvalue weighted by Gasteiger charge is -2.18. The Morgan fingerprint density at radius 2 is 0.731 bits per heavy atom. The molecule has 0 bridgehead atoms. The van der Waals surface area contributed by atoms with E-state index in [1.54, 1.807) is 0 Å². The highest BCUT2D eigenvalue weighted by Crippen LogP contribution is 2.49. The number of nitrogens with two attached hydrogens (primary N) is 3. The molecule has 158 valence electrons. The number of hydrogen-bond donors (Lipinski definition) is 3. The maximum absolute atomic E-state index is 12.8. The first-order chi connectivity index (χ1) is 12.7. The number of phosphoric ester groups is 1. The van der Waals surface area contributed by atoms with Gasteiger partial charge in [0.15, 0.2) is 0 Å². The van der Waals surface area contributed by atoms with Crippen LogP contribution in [0.5, 0.6) is 0 Å². The quantitative estimate of drug-likeness (QED) is 0.200. The third kappa shape index (κ3) is 17.4. The molecule has 0 atom stereocenters. The van der Waals surface area contributed by atoms with Gasteiger partial charge >= 0.3 is 7.82 Å². The van der Waals surface area contributed by atoms with Crippen molar-refractivity contribution in [3.05, 3.63) is 0 Å². The van der Waals surface area contributed by atoms with Gasteiger partial charge in [0.25, 0.3) is 0 Å². The highest BCUT2D eigenvalue weighted by atomic mass is 31.2. The maximum atomic E-state index is 12.8. The van der Waals surface area contributed by atoms with Crippen LogP contribution in [0, 0.1) is 0 Å². The SMILES string of the molecule is NCCCCCCOP(=O)(OCCCCCCN)OCCCCCCN. The van der Waals surface area contributed by atoms with E-state index in [4.69, 9.17) is 30.8 Å². The highest BCUT2D eigenvalue weighted by Gasteiger charge is 2.26. The number of hydrogen-bond acceptors (Lipinski definition) is 7. The Bertz CT molecular complexity index is 288. The van der Waals surface area contributed by atoms with Crippen LogP contribution >= 0.6 is 7.82 Å². The average Bonchev–Trinajstić information content (AvgIpc) is 2.64. The monoisotopic (exact) mass is 395 g/mol. The van der Waals surface area contributed by atoms with Gasteiger partial charge in [0, 0.05) is 0 Å². The molecule has 0 aliphatic rings. The lowest BCUT2D eigenvalue weighted by Crippen LogP contribution is -2.05. The summed E-state index contributed by atoms with van der Waals surface area (Å²) in [6, 6.07) is 0. The van der Waals surface area contributed by atoms with Gasteiger partial charge in [-0.3, -0.25) is 13.6 Å². The van der Waals surface area contributed by atoms with Crippen molar-refractivity contribution in [2.75, 3.05) is 39.5 Å². The molecule has 0 aliphatic carbocycles. The molecule has 0 unspecified atom stereocenters. The lowest BCUT2D eigenvalue weighted by molar-refractivity contribution is 0.108. The van der Waals surface area contributed by atoms with Gasteiger partial charge in [0.05, 0.1) is 19.8 Å². The molecule has 0 spiro atoms. The van der Waals surface area contributed by atoms with Gasteiger partial charge in [-0.25, -0.2) is 4.57 Å². The number of phosphoric acid groups is 1. The molecule has 26 heavy (non-hydrogen) atoms. The molecule has 0 rings (SSSR count). The van der Waals surface area contributed by atoms with Crippen molar-refractivity contribution >= 4 is 7.82 Å². The first-order valence-corrected chi connectivity index (χ1v) is 11.8. The standard InChI is InChI=1S/C18H42N3O4P/c19-13-7-1-4-10-16-23-26(22,24-17-11-5-2-8-14-20)25-18-12-6-3-9-15-21/h1-21H2. The molecule has 7 nitrogen and oxygen atoms in total. The Morgan fingerprint density at radius 3 is 1.00 bits per heavy atom. The lowest BCUT2D eigenvalue weighted by atomic mass is 10.2. The zero-order chi connectivity index (χ0) is 19.3. The van der Waals surface area contributed by atoms with E-state index in [1.807, 2.05) is 0 Å². The van der Waals surface area contributed by atoms with E-state index < -0.39 is 7.82 Å². The second-order valence-corrected chi connectivity index (χ2v) is 8.22. The van der Waals surface area contributed by atoms with Crippen LogP contribution in [-0.4, -0.2) is 39.5 Å². The molecule has 0 amide bonds. The van der Waals surface area contributed by atoms with Crippen LogP contribution in [0.15, 0.2) is 0 Å². The predicted molar refractivity (Wildman–Crippen MR) is 108 cm³/mol. The summed E-state index contributed by atoms with van der Waals surface area (Å²) in [6.07, 6.45) is 11.8. The van der Waals surface area contributed by atoms with Crippen molar-refractivity contribution in [3.63, 3.8) is 0 Å². The van der Waals surface area contributed by atoms with E-state index in [1.165, 1.54) is 0 Å². The molecule has 0 aromatic heterocycles. The summed E-state index contributed by atoms with van der Waals surface area (Å²) >= 11 is 0. The Labute approximate surface area is 160 Å². The second-order valence-electron chi connectivity index (χ2n) is 6.56. The predicted octanol–water partition coefficient (Wildman–Crippen LogP) is 3.70. The number of rotatable bonds is 21. The molecule has 0 aromatic rings. The summed E-state index contributed by atoms with van der Waals surface area (Å²) in [5.74, 6) is 0. The molecule has 0 heterocycles. The summed E-state index contributed by atoms with van der Waals surface area (Å²) in [5, 5.41) is 0. The third-order valence-corrected chi connectivity index (χ3v) is 5.54. The third-order valence-electron chi connectivity index (χ3n) is 4.04. The molecule has 0 aromatic carbocycles. The van der Waals surface area contributed by atoms with Crippen molar-refractivity contribution in [2.24, 2.45) is 17.2 Å². The smallest absolute Gasteiger partial charge is 0.330 e. The van der Waals surface area contributed by atoms with Crippen molar-refractivity contribution < 1.29 is 18.1 Å². The molecule has 0 radical (unpaired) electrons. The van der Waals surface area contributed by atoms with Crippen LogP contribution in [0.25, 0.3) is 0 Å². The molecule has 0 fully saturated rings. The minimum Gasteiger partial charge on any atom is -0.330 e. The van der Waals surface area contributed by atoms with E-state index >= 15 is 0 Å². The van der Waals surface area contributed by atoms with Crippen LogP contribution < -0.4 is 17.2 Å². The van der Waals surface area contributed by atoms with Gasteiger partial charge in [-0.1, -0.05) is 38.5 Å². The molecule has 0 saturated carbocycles. The van der Waals surface area contributed by atoms with Gasteiger partial charge in [0.2, 0.25) is 0 Å². The molecule has 0 saturated heterocycles. The topological polar surface area (TPSA) is 123 Å². The molecule has 6 N–H and O–H groups in total. The summed E-state index contributed by atoms with van der Waals surface area (Å²) < 4.78 is 29.3. The average molecular weight is 396 g/mol. The summed E-state index contributed by atoms with van der Waals surface area (Å²) in [7, 11) is -3.46. The van der Waals surface area contributed by atoms with Gasteiger partial charge < -0.3 is 17.2 Å². The fraction of sp³-hybridized carbons (Fsp3) is 1.00. The largest absolute Gasteiger partial charge is 0.474 e. The Balaban J connectivity index is 4.04. The van der Waals surface area contributed by atoms with Crippen LogP contribution in [0.4, 0.5) is 0 Å². The Kier molecular flexibility index (Phi) is 19.7. The Morgan fingerprint density at radius 1 is 0.462 bits per heavy atom.